The van der Waals surface area contributed by atoms with Crippen molar-refractivity contribution in [3.8, 4) is 6.07 Å². The van der Waals surface area contributed by atoms with Crippen LogP contribution in [-0.2, 0) is 0 Å². The van der Waals surface area contributed by atoms with E-state index in [2.05, 4.69) is 6.07 Å². The van der Waals surface area contributed by atoms with Crippen molar-refractivity contribution < 1.29 is 0 Å². The average Bonchev–Trinajstić information content (AvgIpc) is 4.15. The lowest BCUT2D eigenvalue weighted by molar-refractivity contribution is 1.10. The monoisotopic (exact) mass is 759 g/mol. The maximum Gasteiger partial charge on any atom is 0.0987 e. The summed E-state index contributed by atoms with van der Waals surface area (Å²) in [4.78, 5) is 0. The minimum absolute atomic E-state index is 0.300. The van der Waals surface area contributed by atoms with E-state index in [-0.39, 0.29) is 5.92 Å². The molecule has 1 heteroatoms. The SMILES string of the molecule is N#CC1c2c3c4c5c1c1c6c7c2c2c8c3c3c9c4c4c%10c5c5c1c1c6c6c%11c7c2c2c7c8c3c3c8c9c4c4c9c%10c5c5c1c1c6c6c%11c2c2c7c3c3c8c4c4c9c5c1c1c6c2c3c41. The van der Waals surface area contributed by atoms with Gasteiger partial charge in [0, 0.05) is 0 Å². The van der Waals surface area contributed by atoms with Crippen molar-refractivity contribution in [3.63, 3.8) is 0 Å². The van der Waals surface area contributed by atoms with Gasteiger partial charge >= 0.3 is 0 Å². The molecule has 0 heterocycles. The Morgan fingerprint density at radius 3 is 0.317 bits per heavy atom. The first-order valence-electron chi connectivity index (χ1n) is 23.3. The van der Waals surface area contributed by atoms with Crippen molar-refractivity contribution in [2.75, 3.05) is 0 Å². The number of hydrogen-bond donors (Lipinski definition) is 0. The third-order valence-electron chi connectivity index (χ3n) is 23.0. The number of nitrogens with zero attached hydrogens (tertiary/aromatic N) is 1. The fourth-order valence-corrected chi connectivity index (χ4v) is 22.9. The van der Waals surface area contributed by atoms with Crippen molar-refractivity contribution in [2.24, 2.45) is 0 Å². The lowest BCUT2D eigenvalue weighted by Crippen LogP contribution is -2.07. The molecule has 30 aromatic carbocycles. The number of hydrogen-bond acceptors (Lipinski definition) is 1. The summed E-state index contributed by atoms with van der Waals surface area (Å²) in [5.74, 6) is -0.300. The highest BCUT2D eigenvalue weighted by molar-refractivity contribution is 6.83. The van der Waals surface area contributed by atoms with E-state index in [1.54, 1.807) is 253 Å². The third-order valence-corrected chi connectivity index (χ3v) is 23.0. The van der Waals surface area contributed by atoms with Gasteiger partial charge < -0.3 is 0 Å². The van der Waals surface area contributed by atoms with Crippen LogP contribution in [0.4, 0.5) is 0 Å². The predicted octanol–water partition coefficient (Wildman–Crippen LogP) is 17.7. The second-order valence-corrected chi connectivity index (χ2v) is 23.1. The summed E-state index contributed by atoms with van der Waals surface area (Å²) in [5, 5.41) is 104. The van der Waals surface area contributed by atoms with E-state index in [1.165, 1.54) is 70.4 Å². The minimum Gasteiger partial charge on any atom is -0.197 e. The summed E-state index contributed by atoms with van der Waals surface area (Å²) < 4.78 is 0. The molecule has 0 fully saturated rings. The molecule has 0 saturated heterocycles. The maximum atomic E-state index is 12.2. The van der Waals surface area contributed by atoms with Crippen molar-refractivity contribution in [1.82, 2.24) is 0 Å². The molecule has 1 aliphatic rings. The second-order valence-electron chi connectivity index (χ2n) is 23.1. The fourth-order valence-electron chi connectivity index (χ4n) is 22.9. The van der Waals surface area contributed by atoms with Gasteiger partial charge in [-0.05, 0) is 324 Å². The van der Waals surface area contributed by atoms with Gasteiger partial charge in [0.05, 0.1) is 12.0 Å². The van der Waals surface area contributed by atoms with Gasteiger partial charge in [0.2, 0.25) is 0 Å². The predicted molar refractivity (Wildman–Crippen MR) is 268 cm³/mol. The summed E-state index contributed by atoms with van der Waals surface area (Å²) in [6, 6.07) is 3.22. The van der Waals surface area contributed by atoms with Crippen LogP contribution in [0.3, 0.4) is 0 Å². The molecular weight excluding hydrogens is 759 g/mol. The zero-order chi connectivity index (χ0) is 36.9. The zero-order valence-corrected chi connectivity index (χ0v) is 31.5. The summed E-state index contributed by atoms with van der Waals surface area (Å²) in [6.45, 7) is 0. The van der Waals surface area contributed by atoms with Gasteiger partial charge in [-0.1, -0.05) is 0 Å². The molecule has 30 aromatic rings. The van der Waals surface area contributed by atoms with E-state index < -0.39 is 0 Å². The molecule has 0 saturated carbocycles. The van der Waals surface area contributed by atoms with Crippen LogP contribution < -0.4 is 0 Å². The first kappa shape index (κ1) is 22.0. The van der Waals surface area contributed by atoms with Crippen LogP contribution in [0, 0.1) is 11.3 Å². The molecule has 1 nitrogen and oxygen atoms in total. The lowest BCUT2D eigenvalue weighted by atomic mass is 9.73. The van der Waals surface area contributed by atoms with Crippen molar-refractivity contribution in [2.45, 2.75) is 5.92 Å². The van der Waals surface area contributed by atoms with Gasteiger partial charge in [0.15, 0.2) is 0 Å². The molecule has 0 aromatic heterocycles. The highest BCUT2D eigenvalue weighted by atomic mass is 14.5. The quantitative estimate of drug-likeness (QED) is 0.141. The van der Waals surface area contributed by atoms with Gasteiger partial charge in [-0.2, -0.15) is 5.26 Å². The van der Waals surface area contributed by atoms with E-state index in [1.807, 2.05) is 0 Å². The molecule has 0 unspecified atom stereocenters. The first-order valence-corrected chi connectivity index (χ1v) is 23.3. The molecule has 0 bridgehead atoms. The Bertz CT molecular complexity index is 6800. The van der Waals surface area contributed by atoms with Crippen LogP contribution in [0.25, 0.3) is 312 Å². The third kappa shape index (κ3) is 1.12. The molecule has 0 radical (unpaired) electrons. The lowest BCUT2D eigenvalue weighted by Gasteiger charge is -2.27. The molecule has 63 heavy (non-hydrogen) atoms. The summed E-state index contributed by atoms with van der Waals surface area (Å²) in [6.07, 6.45) is 0. The topological polar surface area (TPSA) is 23.8 Å². The Labute approximate surface area is 339 Å². The van der Waals surface area contributed by atoms with Gasteiger partial charge in [-0.25, -0.2) is 0 Å². The zero-order valence-electron chi connectivity index (χ0n) is 31.5. The molecule has 0 spiro atoms. The van der Waals surface area contributed by atoms with Gasteiger partial charge in [0.1, 0.15) is 0 Å². The van der Waals surface area contributed by atoms with Crippen LogP contribution in [0.5, 0.6) is 0 Å². The van der Waals surface area contributed by atoms with Gasteiger partial charge in [0.25, 0.3) is 0 Å². The molecule has 1 aliphatic carbocycles. The molecule has 0 aliphatic heterocycles. The molecule has 254 valence electrons. The van der Waals surface area contributed by atoms with Crippen LogP contribution in [0.1, 0.15) is 17.0 Å². The standard InChI is InChI=1S/C62HN/c63-1-2-3-5-9-6-4(2)8-11-10-7(3)14-17-12(5)23-25-16(9)26-24-13(6)18-15(8)22-20(11)30-29-19(10)21(14)31-37-27(17)33(23)43-45-35(25)36(26)46-44-34(24)28(18)38-32(22)42-40(30)49-39(29)41(31)50-47(37)52(43)59-54(45)55(46)60-53(44)48(38)51(42)58-56(49)57(50)61(59)62(58)60/h2H. The van der Waals surface area contributed by atoms with Crippen molar-refractivity contribution in [3.05, 3.63) is 11.1 Å². The number of benzene rings is 19. The van der Waals surface area contributed by atoms with Crippen molar-refractivity contribution in [1.29, 1.82) is 5.26 Å². The van der Waals surface area contributed by atoms with E-state index in [0.717, 1.165) is 0 Å². The van der Waals surface area contributed by atoms with Gasteiger partial charge in [-0.15, -0.1) is 0 Å². The largest absolute Gasteiger partial charge is 0.197 e. The van der Waals surface area contributed by atoms with Gasteiger partial charge in [-0.3, -0.25) is 0 Å². The second kappa shape index (κ2) is 4.83. The Kier molecular flexibility index (Phi) is 1.68. The van der Waals surface area contributed by atoms with E-state index >= 15 is 0 Å². The Morgan fingerprint density at radius 1 is 0.143 bits per heavy atom. The van der Waals surface area contributed by atoms with E-state index in [0.29, 0.717) is 0 Å². The van der Waals surface area contributed by atoms with Crippen molar-refractivity contribution >= 4 is 312 Å². The molecule has 0 N–H and O–H groups in total. The molecular formula is C62HN. The Morgan fingerprint density at radius 2 is 0.222 bits per heavy atom. The summed E-state index contributed by atoms with van der Waals surface area (Å²) in [7, 11) is 0. The normalized spacial score (nSPS) is 18.1. The molecule has 31 rings (SSSR count). The molecule has 0 atom stereocenters. The fraction of sp³-hybridized carbons (Fsp3) is 0.0161. The summed E-state index contributed by atoms with van der Waals surface area (Å²) in [5.41, 5.74) is 2.77. The van der Waals surface area contributed by atoms with Crippen LogP contribution in [-0.4, -0.2) is 0 Å². The van der Waals surface area contributed by atoms with E-state index in [9.17, 15) is 5.26 Å². The van der Waals surface area contributed by atoms with Crippen LogP contribution in [0.2, 0.25) is 0 Å². The Balaban J connectivity index is 1.34. The highest BCUT2D eigenvalue weighted by Gasteiger charge is 2.52. The first-order chi connectivity index (χ1) is 31.4. The average molecular weight is 760 g/mol. The number of rotatable bonds is 0. The molecule has 0 amide bonds. The summed E-state index contributed by atoms with van der Waals surface area (Å²) >= 11 is 0. The smallest absolute Gasteiger partial charge is 0.0987 e. The minimum atomic E-state index is -0.300. The van der Waals surface area contributed by atoms with Crippen LogP contribution >= 0.6 is 0 Å². The number of fused-ring (bicyclic) bond motifs is 5. The van der Waals surface area contributed by atoms with E-state index in [4.69, 9.17) is 0 Å². The highest BCUT2D eigenvalue weighted by Crippen LogP contribution is 2.80. The van der Waals surface area contributed by atoms with Crippen LogP contribution in [0.15, 0.2) is 0 Å². The maximum absolute atomic E-state index is 12.2. The number of nitriles is 1. The Hall–Kier alpha value is -8.31.